The highest BCUT2D eigenvalue weighted by Gasteiger charge is 2.07. The highest BCUT2D eigenvalue weighted by atomic mass is 16.1. The Morgan fingerprint density at radius 3 is 2.45 bits per heavy atom. The lowest BCUT2D eigenvalue weighted by molar-refractivity contribution is -0.107. The maximum Gasteiger partial charge on any atom is 0.152 e. The predicted molar refractivity (Wildman–Crippen MR) is 127 cm³/mol. The number of hydrogen-bond donors (Lipinski definition) is 3. The average Bonchev–Trinajstić information content (AvgIpc) is 3.27. The van der Waals surface area contributed by atoms with E-state index in [0.717, 1.165) is 46.7 Å². The van der Waals surface area contributed by atoms with Crippen LogP contribution in [-0.4, -0.2) is 23.5 Å². The van der Waals surface area contributed by atoms with Crippen molar-refractivity contribution < 1.29 is 4.79 Å². The van der Waals surface area contributed by atoms with E-state index in [4.69, 9.17) is 0 Å². The van der Waals surface area contributed by atoms with E-state index in [9.17, 15) is 4.79 Å². The maximum atomic E-state index is 10.8. The number of hydrogen-bond acceptors (Lipinski definition) is 4. The lowest BCUT2D eigenvalue weighted by atomic mass is 10.0. The van der Waals surface area contributed by atoms with Gasteiger partial charge < -0.3 is 15.4 Å². The molecule has 1 aromatic heterocycles. The van der Waals surface area contributed by atoms with Gasteiger partial charge in [0.05, 0.1) is 5.69 Å². The zero-order chi connectivity index (χ0) is 21.5. The van der Waals surface area contributed by atoms with E-state index in [1.807, 2.05) is 31.3 Å². The van der Waals surface area contributed by atoms with Crippen LogP contribution in [-0.2, 0) is 17.6 Å². The van der Waals surface area contributed by atoms with Crippen LogP contribution in [0.4, 0.5) is 17.2 Å². The monoisotopic (exact) mass is 410 g/mol. The molecule has 5 nitrogen and oxygen atoms in total. The fourth-order valence-corrected chi connectivity index (χ4v) is 3.65. The number of aryl methyl sites for hydroxylation is 1. The number of nitrogens with zero attached hydrogens (tertiary/aromatic N) is 1. The van der Waals surface area contributed by atoms with Crippen LogP contribution in [0.3, 0.4) is 0 Å². The molecule has 156 valence electrons. The third-order valence-electron chi connectivity index (χ3n) is 5.27. The van der Waals surface area contributed by atoms with Gasteiger partial charge >= 0.3 is 0 Å². The molecule has 0 saturated heterocycles. The summed E-state index contributed by atoms with van der Waals surface area (Å²) in [6.45, 7) is 0. The van der Waals surface area contributed by atoms with Gasteiger partial charge in [0.25, 0.3) is 0 Å². The van der Waals surface area contributed by atoms with Crippen LogP contribution in [0.1, 0.15) is 23.1 Å². The first kappa shape index (κ1) is 20.4. The fraction of sp³-hybridized carbons (Fsp3) is 0.154. The Hall–Kier alpha value is -3.86. The summed E-state index contributed by atoms with van der Waals surface area (Å²) in [5.41, 5.74) is 7.71. The van der Waals surface area contributed by atoms with Crippen LogP contribution in [0, 0.1) is 0 Å². The second kappa shape index (κ2) is 9.76. The first-order valence-corrected chi connectivity index (χ1v) is 10.4. The smallest absolute Gasteiger partial charge is 0.152 e. The van der Waals surface area contributed by atoms with Gasteiger partial charge in [0.1, 0.15) is 6.29 Å². The topological polar surface area (TPSA) is 69.8 Å². The van der Waals surface area contributed by atoms with E-state index in [1.165, 1.54) is 11.1 Å². The lowest BCUT2D eigenvalue weighted by Crippen LogP contribution is -1.98. The molecule has 4 aromatic rings. The number of aldehydes is 1. The Balaban J connectivity index is 1.45. The number of anilines is 3. The Morgan fingerprint density at radius 1 is 0.935 bits per heavy atom. The van der Waals surface area contributed by atoms with Gasteiger partial charge in [0.15, 0.2) is 5.82 Å². The third kappa shape index (κ3) is 5.20. The van der Waals surface area contributed by atoms with Gasteiger partial charge in [-0.05, 0) is 53.3 Å². The maximum absolute atomic E-state index is 10.8. The second-order valence-electron chi connectivity index (χ2n) is 7.48. The van der Waals surface area contributed by atoms with Crippen molar-refractivity contribution >= 4 is 23.5 Å². The molecular formula is C26H26N4O. The molecule has 3 N–H and O–H groups in total. The van der Waals surface area contributed by atoms with Gasteiger partial charge in [-0.3, -0.25) is 5.10 Å². The Labute approximate surface area is 182 Å². The molecule has 0 atom stereocenters. The number of aromatic nitrogens is 2. The molecular weight excluding hydrogens is 384 g/mol. The van der Waals surface area contributed by atoms with Crippen molar-refractivity contribution in [3.63, 3.8) is 0 Å². The number of carbonyl (C=O) groups is 1. The van der Waals surface area contributed by atoms with Crippen LogP contribution in [0.2, 0.25) is 0 Å². The SMILES string of the molecule is CNc1ccc(Nc2cc(-c3ccc(Cc4ccccc4)cc3)[nH]n2)cc1CCC=O. The van der Waals surface area contributed by atoms with Crippen molar-refractivity contribution in [3.8, 4) is 11.3 Å². The van der Waals surface area contributed by atoms with Crippen molar-refractivity contribution in [2.24, 2.45) is 0 Å². The van der Waals surface area contributed by atoms with Crippen molar-refractivity contribution in [3.05, 3.63) is 95.6 Å². The van der Waals surface area contributed by atoms with Crippen LogP contribution >= 0.6 is 0 Å². The van der Waals surface area contributed by atoms with E-state index in [2.05, 4.69) is 75.4 Å². The fourth-order valence-electron chi connectivity index (χ4n) is 3.65. The van der Waals surface area contributed by atoms with Gasteiger partial charge in [-0.2, -0.15) is 5.10 Å². The molecule has 0 aliphatic carbocycles. The zero-order valence-corrected chi connectivity index (χ0v) is 17.6. The van der Waals surface area contributed by atoms with Gasteiger partial charge in [0.2, 0.25) is 0 Å². The van der Waals surface area contributed by atoms with Crippen LogP contribution in [0.5, 0.6) is 0 Å². The molecule has 0 unspecified atom stereocenters. The average molecular weight is 411 g/mol. The molecule has 0 spiro atoms. The highest BCUT2D eigenvalue weighted by Crippen LogP contribution is 2.26. The quantitative estimate of drug-likeness (QED) is 0.315. The zero-order valence-electron chi connectivity index (χ0n) is 17.6. The normalized spacial score (nSPS) is 10.6. The number of rotatable bonds is 9. The highest BCUT2D eigenvalue weighted by molar-refractivity contribution is 5.68. The van der Waals surface area contributed by atoms with Crippen LogP contribution < -0.4 is 10.6 Å². The van der Waals surface area contributed by atoms with E-state index in [0.29, 0.717) is 12.8 Å². The van der Waals surface area contributed by atoms with Crippen molar-refractivity contribution in [2.75, 3.05) is 17.7 Å². The molecule has 0 amide bonds. The largest absolute Gasteiger partial charge is 0.388 e. The van der Waals surface area contributed by atoms with Gasteiger partial charge in [-0.25, -0.2) is 0 Å². The number of H-pyrrole nitrogens is 1. The van der Waals surface area contributed by atoms with Crippen LogP contribution in [0.15, 0.2) is 78.9 Å². The molecule has 0 aliphatic rings. The summed E-state index contributed by atoms with van der Waals surface area (Å²) in [4.78, 5) is 10.8. The number of nitrogens with one attached hydrogen (secondary N) is 3. The summed E-state index contributed by atoms with van der Waals surface area (Å²) in [6.07, 6.45) is 3.08. The molecule has 1 heterocycles. The Kier molecular flexibility index (Phi) is 6.43. The van der Waals surface area contributed by atoms with Gasteiger partial charge in [-0.15, -0.1) is 0 Å². The molecule has 0 fully saturated rings. The number of benzene rings is 3. The summed E-state index contributed by atoms with van der Waals surface area (Å²) >= 11 is 0. The van der Waals surface area contributed by atoms with Crippen molar-refractivity contribution in [2.45, 2.75) is 19.3 Å². The molecule has 4 rings (SSSR count). The third-order valence-corrected chi connectivity index (χ3v) is 5.27. The van der Waals surface area contributed by atoms with E-state index >= 15 is 0 Å². The second-order valence-corrected chi connectivity index (χ2v) is 7.48. The minimum atomic E-state index is 0.505. The van der Waals surface area contributed by atoms with E-state index in [-0.39, 0.29) is 0 Å². The summed E-state index contributed by atoms with van der Waals surface area (Å²) in [7, 11) is 1.89. The molecule has 0 bridgehead atoms. The molecule has 3 aromatic carbocycles. The lowest BCUT2D eigenvalue weighted by Gasteiger charge is -2.11. The molecule has 31 heavy (non-hydrogen) atoms. The molecule has 0 aliphatic heterocycles. The summed E-state index contributed by atoms with van der Waals surface area (Å²) < 4.78 is 0. The number of aromatic amines is 1. The minimum absolute atomic E-state index is 0.505. The van der Waals surface area contributed by atoms with Gasteiger partial charge in [0, 0.05) is 30.9 Å². The summed E-state index contributed by atoms with van der Waals surface area (Å²) in [5, 5.41) is 14.0. The van der Waals surface area contributed by atoms with E-state index in [1.54, 1.807) is 0 Å². The first-order chi connectivity index (χ1) is 15.2. The first-order valence-electron chi connectivity index (χ1n) is 10.4. The van der Waals surface area contributed by atoms with Crippen molar-refractivity contribution in [1.29, 1.82) is 0 Å². The number of carbonyl (C=O) groups excluding carboxylic acids is 1. The van der Waals surface area contributed by atoms with Gasteiger partial charge in [-0.1, -0.05) is 54.6 Å². The van der Waals surface area contributed by atoms with Crippen molar-refractivity contribution in [1.82, 2.24) is 10.2 Å². The predicted octanol–water partition coefficient (Wildman–Crippen LogP) is 5.58. The Morgan fingerprint density at radius 2 is 1.71 bits per heavy atom. The van der Waals surface area contributed by atoms with Crippen LogP contribution in [0.25, 0.3) is 11.3 Å². The van der Waals surface area contributed by atoms with E-state index < -0.39 is 0 Å². The summed E-state index contributed by atoms with van der Waals surface area (Å²) in [6, 6.07) is 27.1. The summed E-state index contributed by atoms with van der Waals surface area (Å²) in [5.74, 6) is 0.752. The Bertz CT molecular complexity index is 1130. The molecule has 0 saturated carbocycles. The molecule has 0 radical (unpaired) electrons. The molecule has 5 heteroatoms. The minimum Gasteiger partial charge on any atom is -0.388 e. The standard InChI is InChI=1S/C26H26N4O/c1-27-24-14-13-23(17-22(24)8-5-15-31)28-26-18-25(29-30-26)21-11-9-20(10-12-21)16-19-6-3-2-4-7-19/h2-4,6-7,9-15,17-18,27H,5,8,16H2,1H3,(H2,28,29,30).